The van der Waals surface area contributed by atoms with Crippen LogP contribution in [0.3, 0.4) is 0 Å². The van der Waals surface area contributed by atoms with Crippen LogP contribution >= 0.6 is 11.3 Å². The van der Waals surface area contributed by atoms with Gasteiger partial charge in [-0.1, -0.05) is 44.5 Å². The lowest BCUT2D eigenvalue weighted by atomic mass is 10.0. The molecular formula is C23H31N3O2S. The van der Waals surface area contributed by atoms with E-state index in [0.717, 1.165) is 56.1 Å². The Balaban J connectivity index is 1.44. The number of carbonyl (C=O) groups excluding carboxylic acids is 1. The quantitative estimate of drug-likeness (QED) is 0.739. The first-order chi connectivity index (χ1) is 14.1. The lowest BCUT2D eigenvalue weighted by Crippen LogP contribution is -2.53. The summed E-state index contributed by atoms with van der Waals surface area (Å²) in [5.41, 5.74) is 3.59. The molecule has 0 spiro atoms. The molecule has 3 heterocycles. The summed E-state index contributed by atoms with van der Waals surface area (Å²) < 4.78 is 5.41. The Labute approximate surface area is 177 Å². The van der Waals surface area contributed by atoms with Gasteiger partial charge in [0.2, 0.25) is 5.91 Å². The zero-order valence-corrected chi connectivity index (χ0v) is 18.3. The summed E-state index contributed by atoms with van der Waals surface area (Å²) in [6, 6.07) is 8.72. The van der Waals surface area contributed by atoms with Gasteiger partial charge in [-0.05, 0) is 30.9 Å². The zero-order valence-electron chi connectivity index (χ0n) is 17.5. The van der Waals surface area contributed by atoms with Gasteiger partial charge in [0.1, 0.15) is 5.01 Å². The van der Waals surface area contributed by atoms with Crippen LogP contribution in [0.5, 0.6) is 0 Å². The molecule has 1 aromatic carbocycles. The number of ether oxygens (including phenoxy) is 1. The predicted molar refractivity (Wildman–Crippen MR) is 117 cm³/mol. The number of benzene rings is 1. The molecule has 2 aliphatic heterocycles. The summed E-state index contributed by atoms with van der Waals surface area (Å²) in [6.07, 6.45) is 3.23. The molecule has 2 aliphatic rings. The van der Waals surface area contributed by atoms with Gasteiger partial charge in [0.15, 0.2) is 0 Å². The maximum absolute atomic E-state index is 13.1. The fourth-order valence-electron chi connectivity index (χ4n) is 4.19. The Kier molecular flexibility index (Phi) is 6.63. The summed E-state index contributed by atoms with van der Waals surface area (Å²) in [5.74, 6) is 0.809. The van der Waals surface area contributed by atoms with Crippen LogP contribution in [0.25, 0.3) is 10.6 Å². The van der Waals surface area contributed by atoms with Crippen LogP contribution in [0.1, 0.15) is 50.3 Å². The van der Waals surface area contributed by atoms with Gasteiger partial charge in [0.05, 0.1) is 24.9 Å². The molecule has 2 aromatic rings. The van der Waals surface area contributed by atoms with Gasteiger partial charge in [0.25, 0.3) is 0 Å². The average Bonchev–Trinajstić information content (AvgIpc) is 3.23. The van der Waals surface area contributed by atoms with Crippen molar-refractivity contribution in [3.8, 4) is 10.6 Å². The molecule has 2 saturated heterocycles. The second kappa shape index (κ2) is 9.37. The van der Waals surface area contributed by atoms with Crippen molar-refractivity contribution in [1.29, 1.82) is 0 Å². The van der Waals surface area contributed by atoms with Crippen molar-refractivity contribution in [1.82, 2.24) is 14.8 Å². The lowest BCUT2D eigenvalue weighted by Gasteiger charge is -2.38. The van der Waals surface area contributed by atoms with Crippen LogP contribution in [-0.4, -0.2) is 59.6 Å². The van der Waals surface area contributed by atoms with Crippen molar-refractivity contribution < 1.29 is 9.53 Å². The maximum atomic E-state index is 13.1. The number of rotatable bonds is 5. The van der Waals surface area contributed by atoms with Crippen molar-refractivity contribution in [3.63, 3.8) is 0 Å². The standard InChI is InChI=1S/C23H31N3O2S/c1-17(2)18-6-8-19(9-7-18)22-24-20(16-29-22)15-26-10-4-3-5-21(26)23(27)25-11-13-28-14-12-25/h6-9,16-17,21H,3-5,10-15H2,1-2H3. The number of piperidine rings is 1. The molecule has 29 heavy (non-hydrogen) atoms. The summed E-state index contributed by atoms with van der Waals surface area (Å²) >= 11 is 1.69. The van der Waals surface area contributed by atoms with E-state index in [1.807, 2.05) is 4.90 Å². The van der Waals surface area contributed by atoms with E-state index in [4.69, 9.17) is 9.72 Å². The van der Waals surface area contributed by atoms with Crippen molar-refractivity contribution in [2.45, 2.75) is 51.6 Å². The molecule has 1 aromatic heterocycles. The number of hydrogen-bond donors (Lipinski definition) is 0. The Hall–Kier alpha value is -1.76. The Bertz CT molecular complexity index is 812. The molecule has 0 bridgehead atoms. The van der Waals surface area contributed by atoms with E-state index < -0.39 is 0 Å². The predicted octanol–water partition coefficient (Wildman–Crippen LogP) is 4.15. The molecule has 156 valence electrons. The van der Waals surface area contributed by atoms with Gasteiger partial charge in [-0.15, -0.1) is 11.3 Å². The second-order valence-electron chi connectivity index (χ2n) is 8.34. The van der Waals surface area contributed by atoms with Crippen molar-refractivity contribution in [2.75, 3.05) is 32.8 Å². The summed E-state index contributed by atoms with van der Waals surface area (Å²) in [4.78, 5) is 22.3. The van der Waals surface area contributed by atoms with E-state index in [1.165, 1.54) is 11.1 Å². The molecule has 0 radical (unpaired) electrons. The first-order valence-electron chi connectivity index (χ1n) is 10.8. The lowest BCUT2D eigenvalue weighted by molar-refractivity contribution is -0.142. The number of hydrogen-bond acceptors (Lipinski definition) is 5. The van der Waals surface area contributed by atoms with Gasteiger partial charge in [-0.3, -0.25) is 9.69 Å². The monoisotopic (exact) mass is 413 g/mol. The molecule has 1 unspecified atom stereocenters. The number of nitrogens with zero attached hydrogens (tertiary/aromatic N) is 3. The highest BCUT2D eigenvalue weighted by Gasteiger charge is 2.32. The van der Waals surface area contributed by atoms with E-state index in [9.17, 15) is 4.79 Å². The summed E-state index contributed by atoms with van der Waals surface area (Å²) in [5, 5.41) is 3.21. The van der Waals surface area contributed by atoms with Crippen molar-refractivity contribution in [3.05, 3.63) is 40.9 Å². The first-order valence-corrected chi connectivity index (χ1v) is 11.6. The van der Waals surface area contributed by atoms with Gasteiger partial charge in [0, 0.05) is 30.6 Å². The third-order valence-electron chi connectivity index (χ3n) is 5.96. The van der Waals surface area contributed by atoms with Crippen LogP contribution in [-0.2, 0) is 16.1 Å². The molecule has 4 rings (SSSR count). The van der Waals surface area contributed by atoms with Crippen molar-refractivity contribution in [2.24, 2.45) is 0 Å². The molecule has 2 fully saturated rings. The van der Waals surface area contributed by atoms with Gasteiger partial charge in [-0.2, -0.15) is 0 Å². The molecule has 1 amide bonds. The second-order valence-corrected chi connectivity index (χ2v) is 9.20. The largest absolute Gasteiger partial charge is 0.378 e. The normalized spacial score (nSPS) is 20.9. The Morgan fingerprint density at radius 1 is 1.17 bits per heavy atom. The van der Waals surface area contributed by atoms with Gasteiger partial charge >= 0.3 is 0 Å². The Morgan fingerprint density at radius 3 is 2.66 bits per heavy atom. The molecule has 0 aliphatic carbocycles. The molecule has 0 saturated carbocycles. The number of thiazole rings is 1. The minimum atomic E-state index is -0.0164. The highest BCUT2D eigenvalue weighted by atomic mass is 32.1. The molecule has 5 nitrogen and oxygen atoms in total. The van der Waals surface area contributed by atoms with Crippen LogP contribution in [0, 0.1) is 0 Å². The van der Waals surface area contributed by atoms with Crippen LogP contribution in [0.4, 0.5) is 0 Å². The number of aromatic nitrogens is 1. The number of likely N-dealkylation sites (tertiary alicyclic amines) is 1. The fraction of sp³-hybridized carbons (Fsp3) is 0.565. The summed E-state index contributed by atoms with van der Waals surface area (Å²) in [7, 11) is 0. The third-order valence-corrected chi connectivity index (χ3v) is 6.90. The minimum absolute atomic E-state index is 0.0164. The first kappa shape index (κ1) is 20.5. The maximum Gasteiger partial charge on any atom is 0.240 e. The van der Waals surface area contributed by atoms with Gasteiger partial charge < -0.3 is 9.64 Å². The van der Waals surface area contributed by atoms with Crippen LogP contribution < -0.4 is 0 Å². The SMILES string of the molecule is CC(C)c1ccc(-c2nc(CN3CCCCC3C(=O)N3CCOCC3)cs2)cc1. The average molecular weight is 414 g/mol. The number of carbonyl (C=O) groups is 1. The Morgan fingerprint density at radius 2 is 1.93 bits per heavy atom. The third kappa shape index (κ3) is 4.87. The fourth-order valence-corrected chi connectivity index (χ4v) is 5.00. The molecule has 1 atom stereocenters. The smallest absolute Gasteiger partial charge is 0.240 e. The van der Waals surface area contributed by atoms with E-state index in [0.29, 0.717) is 19.1 Å². The highest BCUT2D eigenvalue weighted by Crippen LogP contribution is 2.28. The van der Waals surface area contributed by atoms with Gasteiger partial charge in [-0.25, -0.2) is 4.98 Å². The highest BCUT2D eigenvalue weighted by molar-refractivity contribution is 7.13. The molecular weight excluding hydrogens is 382 g/mol. The summed E-state index contributed by atoms with van der Waals surface area (Å²) in [6.45, 7) is 8.89. The van der Waals surface area contributed by atoms with Crippen LogP contribution in [0.2, 0.25) is 0 Å². The van der Waals surface area contributed by atoms with Crippen molar-refractivity contribution >= 4 is 17.2 Å². The van der Waals surface area contributed by atoms with E-state index in [-0.39, 0.29) is 11.9 Å². The van der Waals surface area contributed by atoms with E-state index in [2.05, 4.69) is 48.4 Å². The van der Waals surface area contributed by atoms with Crippen LogP contribution in [0.15, 0.2) is 29.6 Å². The van der Waals surface area contributed by atoms with E-state index in [1.54, 1.807) is 11.3 Å². The number of amides is 1. The molecule has 0 N–H and O–H groups in total. The topological polar surface area (TPSA) is 45.7 Å². The van der Waals surface area contributed by atoms with E-state index >= 15 is 0 Å². The number of morpholine rings is 1. The zero-order chi connectivity index (χ0) is 20.2. The minimum Gasteiger partial charge on any atom is -0.378 e. The molecule has 6 heteroatoms.